The van der Waals surface area contributed by atoms with Gasteiger partial charge in [0, 0.05) is 5.56 Å². The number of rotatable bonds is 7. The van der Waals surface area contributed by atoms with E-state index in [0.29, 0.717) is 19.2 Å². The fraction of sp³-hybridized carbons (Fsp3) is 0.429. The number of ether oxygens (including phenoxy) is 1. The molecule has 130 valence electrons. The van der Waals surface area contributed by atoms with Gasteiger partial charge in [-0.2, -0.15) is 0 Å². The molecule has 0 spiro atoms. The highest BCUT2D eigenvalue weighted by molar-refractivity contribution is 5.38. The summed E-state index contributed by atoms with van der Waals surface area (Å²) in [5.74, 6) is 0.861. The van der Waals surface area contributed by atoms with Crippen LogP contribution in [0.15, 0.2) is 54.6 Å². The molecule has 0 amide bonds. The van der Waals surface area contributed by atoms with Crippen LogP contribution in [0.4, 0.5) is 0 Å². The Bertz CT molecular complexity index is 619. The van der Waals surface area contributed by atoms with E-state index < -0.39 is 6.10 Å². The standard InChI is InChI=1S/C21H29NO2/c1-16(17-10-6-5-7-11-17)22-14-18(23)15-24-20-13-9-8-12-19(20)21(2,3)4/h5-13,16,18,22-23H,14-15H2,1-4H3/p+1/t16-,18+/m1/s1. The monoisotopic (exact) mass is 328 g/mol. The first kappa shape index (κ1) is 18.5. The van der Waals surface area contributed by atoms with Gasteiger partial charge in [-0.05, 0) is 24.0 Å². The normalized spacial score (nSPS) is 14.2. The van der Waals surface area contributed by atoms with Crippen molar-refractivity contribution in [1.29, 1.82) is 0 Å². The molecule has 2 aromatic carbocycles. The summed E-state index contributed by atoms with van der Waals surface area (Å²) >= 11 is 0. The van der Waals surface area contributed by atoms with Crippen LogP contribution < -0.4 is 10.1 Å². The number of quaternary nitrogens is 1. The highest BCUT2D eigenvalue weighted by atomic mass is 16.5. The first-order valence-electron chi connectivity index (χ1n) is 8.66. The van der Waals surface area contributed by atoms with Crippen LogP contribution in [0.2, 0.25) is 0 Å². The molecule has 0 aliphatic heterocycles. The Morgan fingerprint density at radius 1 is 1.00 bits per heavy atom. The Kier molecular flexibility index (Phi) is 6.41. The average molecular weight is 328 g/mol. The van der Waals surface area contributed by atoms with Gasteiger partial charge in [-0.3, -0.25) is 0 Å². The molecule has 0 aromatic heterocycles. The lowest BCUT2D eigenvalue weighted by Gasteiger charge is -2.23. The lowest BCUT2D eigenvalue weighted by atomic mass is 9.86. The van der Waals surface area contributed by atoms with E-state index in [4.69, 9.17) is 4.74 Å². The highest BCUT2D eigenvalue weighted by Gasteiger charge is 2.19. The first-order chi connectivity index (χ1) is 11.4. The van der Waals surface area contributed by atoms with Crippen molar-refractivity contribution in [2.45, 2.75) is 45.3 Å². The second kappa shape index (κ2) is 8.32. The third-order valence-corrected chi connectivity index (χ3v) is 4.21. The van der Waals surface area contributed by atoms with Gasteiger partial charge in [0.05, 0.1) is 0 Å². The van der Waals surface area contributed by atoms with Crippen LogP contribution in [-0.4, -0.2) is 24.4 Å². The minimum atomic E-state index is -0.496. The molecule has 2 atom stereocenters. The van der Waals surface area contributed by atoms with E-state index in [1.165, 1.54) is 11.1 Å². The van der Waals surface area contributed by atoms with Gasteiger partial charge in [0.1, 0.15) is 31.0 Å². The lowest BCUT2D eigenvalue weighted by Crippen LogP contribution is -2.87. The summed E-state index contributed by atoms with van der Waals surface area (Å²) in [7, 11) is 0. The predicted molar refractivity (Wildman–Crippen MR) is 98.3 cm³/mol. The summed E-state index contributed by atoms with van der Waals surface area (Å²) in [4.78, 5) is 0. The van der Waals surface area contributed by atoms with Crippen LogP contribution >= 0.6 is 0 Å². The van der Waals surface area contributed by atoms with Gasteiger partial charge in [0.15, 0.2) is 0 Å². The molecule has 0 fully saturated rings. The van der Waals surface area contributed by atoms with Gasteiger partial charge in [0.2, 0.25) is 0 Å². The van der Waals surface area contributed by atoms with E-state index in [0.717, 1.165) is 5.75 Å². The van der Waals surface area contributed by atoms with Crippen molar-refractivity contribution in [2.24, 2.45) is 0 Å². The molecule has 2 rings (SSSR count). The SMILES string of the molecule is C[C@@H]([NH2+]C[C@H](O)COc1ccccc1C(C)(C)C)c1ccccc1. The average Bonchev–Trinajstić information content (AvgIpc) is 2.58. The van der Waals surface area contributed by atoms with Crippen LogP contribution in [0.25, 0.3) is 0 Å². The van der Waals surface area contributed by atoms with Crippen molar-refractivity contribution in [3.05, 3.63) is 65.7 Å². The fourth-order valence-electron chi connectivity index (χ4n) is 2.72. The molecule has 0 aliphatic rings. The molecule has 0 bridgehead atoms. The number of aliphatic hydroxyl groups excluding tert-OH is 1. The van der Waals surface area contributed by atoms with Gasteiger partial charge in [0.25, 0.3) is 0 Å². The van der Waals surface area contributed by atoms with Crippen molar-refractivity contribution in [3.63, 3.8) is 0 Å². The van der Waals surface area contributed by atoms with Crippen molar-refractivity contribution in [2.75, 3.05) is 13.2 Å². The van der Waals surface area contributed by atoms with Crippen LogP contribution in [0.5, 0.6) is 5.75 Å². The first-order valence-corrected chi connectivity index (χ1v) is 8.66. The summed E-state index contributed by atoms with van der Waals surface area (Å²) in [5.41, 5.74) is 2.46. The Morgan fingerprint density at radius 3 is 2.29 bits per heavy atom. The zero-order chi connectivity index (χ0) is 17.6. The van der Waals surface area contributed by atoms with E-state index in [9.17, 15) is 5.11 Å². The van der Waals surface area contributed by atoms with Crippen molar-refractivity contribution < 1.29 is 15.2 Å². The molecule has 3 nitrogen and oxygen atoms in total. The van der Waals surface area contributed by atoms with E-state index in [-0.39, 0.29) is 5.41 Å². The fourth-order valence-corrected chi connectivity index (χ4v) is 2.72. The Hall–Kier alpha value is -1.84. The highest BCUT2D eigenvalue weighted by Crippen LogP contribution is 2.30. The summed E-state index contributed by atoms with van der Waals surface area (Å²) in [6.07, 6.45) is -0.496. The molecule has 0 radical (unpaired) electrons. The molecule has 3 heteroatoms. The maximum Gasteiger partial charge on any atom is 0.137 e. The molecular formula is C21H30NO2+. The molecule has 0 aliphatic carbocycles. The van der Waals surface area contributed by atoms with E-state index in [1.807, 2.05) is 36.4 Å². The molecule has 0 saturated carbocycles. The molecule has 0 saturated heterocycles. The minimum Gasteiger partial charge on any atom is -0.490 e. The Morgan fingerprint density at radius 2 is 1.62 bits per heavy atom. The second-order valence-electron chi connectivity index (χ2n) is 7.38. The lowest BCUT2D eigenvalue weighted by molar-refractivity contribution is -0.698. The number of aliphatic hydroxyl groups is 1. The van der Waals surface area contributed by atoms with Crippen LogP contribution in [0, 0.1) is 0 Å². The van der Waals surface area contributed by atoms with Gasteiger partial charge in [-0.15, -0.1) is 0 Å². The second-order valence-corrected chi connectivity index (χ2v) is 7.38. The predicted octanol–water partition coefficient (Wildman–Crippen LogP) is 3.05. The number of nitrogens with two attached hydrogens (primary N) is 1. The molecule has 3 N–H and O–H groups in total. The quantitative estimate of drug-likeness (QED) is 0.820. The zero-order valence-electron chi connectivity index (χ0n) is 15.2. The minimum absolute atomic E-state index is 0.0233. The van der Waals surface area contributed by atoms with Crippen molar-refractivity contribution >= 4 is 0 Å². The number of para-hydroxylation sites is 1. The maximum absolute atomic E-state index is 10.2. The largest absolute Gasteiger partial charge is 0.490 e. The topological polar surface area (TPSA) is 46.1 Å². The smallest absolute Gasteiger partial charge is 0.137 e. The Balaban J connectivity index is 1.85. The number of hydrogen-bond acceptors (Lipinski definition) is 2. The van der Waals surface area contributed by atoms with E-state index in [2.05, 4.69) is 51.2 Å². The van der Waals surface area contributed by atoms with Gasteiger partial charge in [-0.25, -0.2) is 0 Å². The van der Waals surface area contributed by atoms with Gasteiger partial charge >= 0.3 is 0 Å². The van der Waals surface area contributed by atoms with Crippen LogP contribution in [-0.2, 0) is 5.41 Å². The molecule has 2 aromatic rings. The van der Waals surface area contributed by atoms with E-state index >= 15 is 0 Å². The summed E-state index contributed by atoms with van der Waals surface area (Å²) < 4.78 is 5.89. The summed E-state index contributed by atoms with van der Waals surface area (Å²) in [6, 6.07) is 18.7. The summed E-state index contributed by atoms with van der Waals surface area (Å²) in [5, 5.41) is 12.4. The van der Waals surface area contributed by atoms with Gasteiger partial charge in [-0.1, -0.05) is 69.3 Å². The molecular weight excluding hydrogens is 298 g/mol. The zero-order valence-corrected chi connectivity index (χ0v) is 15.2. The Labute approximate surface area is 145 Å². The van der Waals surface area contributed by atoms with Crippen LogP contribution in [0.1, 0.15) is 44.9 Å². The molecule has 24 heavy (non-hydrogen) atoms. The molecule has 0 heterocycles. The van der Waals surface area contributed by atoms with Crippen molar-refractivity contribution in [1.82, 2.24) is 0 Å². The van der Waals surface area contributed by atoms with Gasteiger partial charge < -0.3 is 15.2 Å². The van der Waals surface area contributed by atoms with Crippen LogP contribution in [0.3, 0.4) is 0 Å². The van der Waals surface area contributed by atoms with Crippen molar-refractivity contribution in [3.8, 4) is 5.75 Å². The number of hydrogen-bond donors (Lipinski definition) is 2. The number of benzene rings is 2. The van der Waals surface area contributed by atoms with E-state index in [1.54, 1.807) is 0 Å². The summed E-state index contributed by atoms with van der Waals surface area (Å²) in [6.45, 7) is 9.58. The molecule has 0 unspecified atom stereocenters. The third-order valence-electron chi connectivity index (χ3n) is 4.21. The maximum atomic E-state index is 10.2. The third kappa shape index (κ3) is 5.36.